The van der Waals surface area contributed by atoms with Crippen molar-refractivity contribution in [2.45, 2.75) is 32.3 Å². The van der Waals surface area contributed by atoms with Crippen LogP contribution < -0.4 is 16.0 Å². The van der Waals surface area contributed by atoms with Gasteiger partial charge in [-0.25, -0.2) is 15.0 Å². The maximum atomic E-state index is 9.96. The summed E-state index contributed by atoms with van der Waals surface area (Å²) in [5.41, 5.74) is 1.37. The Morgan fingerprint density at radius 1 is 0.864 bits per heavy atom. The number of rotatable bonds is 6. The van der Waals surface area contributed by atoms with Gasteiger partial charge in [0.15, 0.2) is 5.82 Å². The molecule has 0 amide bonds. The van der Waals surface area contributed by atoms with Crippen LogP contribution in [0.5, 0.6) is 0 Å². The summed E-state index contributed by atoms with van der Waals surface area (Å²) in [7, 11) is 5.32. The Morgan fingerprint density at radius 3 is 2.00 bits per heavy atom. The molecule has 2 aromatic heterocycles. The summed E-state index contributed by atoms with van der Waals surface area (Å²) in [6.45, 7) is 3.56. The van der Waals surface area contributed by atoms with Crippen LogP contribution in [0.4, 0.5) is 17.7 Å². The molecule has 2 aromatic rings. The molecule has 2 heterocycles. The monoisotopic (exact) mass is 305 g/mol. The van der Waals surface area contributed by atoms with Crippen molar-refractivity contribution >= 4 is 28.7 Å². The zero-order chi connectivity index (χ0) is 16.3. The summed E-state index contributed by atoms with van der Waals surface area (Å²) in [6, 6.07) is 0. The van der Waals surface area contributed by atoms with E-state index >= 15 is 0 Å². The molecule has 4 N–H and O–H groups in total. The van der Waals surface area contributed by atoms with Gasteiger partial charge in [-0.2, -0.15) is 4.98 Å². The largest absolute Gasteiger partial charge is 0.390 e. The molecule has 8 heteroatoms. The van der Waals surface area contributed by atoms with Crippen molar-refractivity contribution < 1.29 is 5.11 Å². The molecule has 0 radical (unpaired) electrons. The van der Waals surface area contributed by atoms with E-state index in [-0.39, 0.29) is 0 Å². The minimum absolute atomic E-state index is 0.502. The van der Waals surface area contributed by atoms with E-state index in [0.29, 0.717) is 41.6 Å². The Labute approximate surface area is 129 Å². The van der Waals surface area contributed by atoms with Gasteiger partial charge in [0.25, 0.3) is 0 Å². The van der Waals surface area contributed by atoms with E-state index in [2.05, 4.69) is 35.9 Å². The van der Waals surface area contributed by atoms with Crippen molar-refractivity contribution in [1.29, 1.82) is 0 Å². The van der Waals surface area contributed by atoms with Gasteiger partial charge in [-0.05, 0) is 26.7 Å². The van der Waals surface area contributed by atoms with E-state index in [1.807, 2.05) is 0 Å². The predicted molar refractivity (Wildman–Crippen MR) is 88.4 cm³/mol. The van der Waals surface area contributed by atoms with E-state index in [9.17, 15) is 5.11 Å². The minimum Gasteiger partial charge on any atom is -0.390 e. The van der Waals surface area contributed by atoms with Crippen LogP contribution in [0, 0.1) is 0 Å². The van der Waals surface area contributed by atoms with Gasteiger partial charge in [0.1, 0.15) is 11.0 Å². The van der Waals surface area contributed by atoms with Crippen molar-refractivity contribution in [1.82, 2.24) is 19.9 Å². The van der Waals surface area contributed by atoms with Crippen molar-refractivity contribution in [3.63, 3.8) is 0 Å². The minimum atomic E-state index is -0.762. The van der Waals surface area contributed by atoms with Crippen molar-refractivity contribution in [3.8, 4) is 0 Å². The quantitative estimate of drug-likeness (QED) is 0.631. The molecule has 0 aromatic carbocycles. The third-order valence-electron chi connectivity index (χ3n) is 3.27. The number of aryl methyl sites for hydroxylation is 1. The molecule has 0 aliphatic heterocycles. The van der Waals surface area contributed by atoms with Crippen LogP contribution in [0.25, 0.3) is 11.0 Å². The lowest BCUT2D eigenvalue weighted by atomic mass is 10.0. The van der Waals surface area contributed by atoms with Crippen molar-refractivity contribution in [2.75, 3.05) is 37.1 Å². The van der Waals surface area contributed by atoms with Gasteiger partial charge in [0.05, 0.1) is 11.3 Å². The number of nitrogens with zero attached hydrogens (tertiary/aromatic N) is 4. The smallest absolute Gasteiger partial charge is 0.225 e. The third kappa shape index (κ3) is 3.51. The molecule has 120 valence electrons. The van der Waals surface area contributed by atoms with Gasteiger partial charge in [-0.15, -0.1) is 0 Å². The summed E-state index contributed by atoms with van der Waals surface area (Å²) >= 11 is 0. The number of hydrogen-bond acceptors (Lipinski definition) is 8. The highest BCUT2D eigenvalue weighted by Crippen LogP contribution is 2.25. The van der Waals surface area contributed by atoms with Crippen molar-refractivity contribution in [3.05, 3.63) is 5.69 Å². The van der Waals surface area contributed by atoms with E-state index in [1.54, 1.807) is 35.0 Å². The Morgan fingerprint density at radius 2 is 1.45 bits per heavy atom. The predicted octanol–water partition coefficient (Wildman–Crippen LogP) is 1.25. The average molecular weight is 305 g/mol. The van der Waals surface area contributed by atoms with Crippen LogP contribution in [0.1, 0.15) is 26.0 Å². The highest BCUT2D eigenvalue weighted by atomic mass is 16.3. The first kappa shape index (κ1) is 16.2. The van der Waals surface area contributed by atoms with Crippen LogP contribution in [0.2, 0.25) is 0 Å². The molecule has 0 unspecified atom stereocenters. The molecule has 8 nitrogen and oxygen atoms in total. The van der Waals surface area contributed by atoms with Gasteiger partial charge < -0.3 is 21.1 Å². The summed E-state index contributed by atoms with van der Waals surface area (Å²) in [5.74, 6) is 1.65. The first-order valence-electron chi connectivity index (χ1n) is 7.22. The fraction of sp³-hybridized carbons (Fsp3) is 0.571. The SMILES string of the molecule is CNc1nc(NC)c2nc(NC)nc(CCC(C)(C)O)c2n1. The highest BCUT2D eigenvalue weighted by molar-refractivity contribution is 5.88. The van der Waals surface area contributed by atoms with Crippen LogP contribution in [-0.4, -0.2) is 51.8 Å². The Hall–Kier alpha value is -2.22. The summed E-state index contributed by atoms with van der Waals surface area (Å²) < 4.78 is 0. The summed E-state index contributed by atoms with van der Waals surface area (Å²) in [5, 5.41) is 18.9. The maximum Gasteiger partial charge on any atom is 0.225 e. The molecular formula is C14H23N7O. The first-order valence-corrected chi connectivity index (χ1v) is 7.22. The standard InChI is InChI=1S/C14H23N7O/c1-14(2,22)7-6-8-9-10(20-12(16-4)18-8)11(15-3)21-13(17-5)19-9/h22H,6-7H2,1-5H3,(H,16,18,20)(H2,15,17,19,21). The number of anilines is 3. The molecule has 2 rings (SSSR count). The van der Waals surface area contributed by atoms with Gasteiger partial charge in [0.2, 0.25) is 11.9 Å². The molecule has 0 spiro atoms. The Balaban J connectivity index is 2.61. The first-order chi connectivity index (χ1) is 10.4. The normalized spacial score (nSPS) is 11.5. The second-order valence-corrected chi connectivity index (χ2v) is 5.65. The maximum absolute atomic E-state index is 9.96. The molecule has 0 fully saturated rings. The fourth-order valence-corrected chi connectivity index (χ4v) is 2.07. The highest BCUT2D eigenvalue weighted by Gasteiger charge is 2.18. The second-order valence-electron chi connectivity index (χ2n) is 5.65. The molecule has 0 aliphatic rings. The molecule has 0 bridgehead atoms. The number of hydrogen-bond donors (Lipinski definition) is 4. The lowest BCUT2D eigenvalue weighted by Gasteiger charge is -2.17. The Bertz CT molecular complexity index is 666. The second kappa shape index (κ2) is 6.27. The van der Waals surface area contributed by atoms with Crippen LogP contribution in [0.3, 0.4) is 0 Å². The molecule has 0 atom stereocenters. The van der Waals surface area contributed by atoms with E-state index in [1.165, 1.54) is 0 Å². The number of aliphatic hydroxyl groups is 1. The number of nitrogens with one attached hydrogen (secondary N) is 3. The number of fused-ring (bicyclic) bond motifs is 1. The summed E-state index contributed by atoms with van der Waals surface area (Å²) in [4.78, 5) is 17.8. The molecule has 0 saturated heterocycles. The van der Waals surface area contributed by atoms with Gasteiger partial charge in [-0.1, -0.05) is 0 Å². The number of aromatic nitrogens is 4. The van der Waals surface area contributed by atoms with Crippen LogP contribution in [-0.2, 0) is 6.42 Å². The summed E-state index contributed by atoms with van der Waals surface area (Å²) in [6.07, 6.45) is 1.18. The van der Waals surface area contributed by atoms with Crippen molar-refractivity contribution in [2.24, 2.45) is 0 Å². The van der Waals surface area contributed by atoms with E-state index in [0.717, 1.165) is 5.69 Å². The van der Waals surface area contributed by atoms with E-state index in [4.69, 9.17) is 0 Å². The molecular weight excluding hydrogens is 282 g/mol. The molecule has 22 heavy (non-hydrogen) atoms. The zero-order valence-electron chi connectivity index (χ0n) is 13.7. The van der Waals surface area contributed by atoms with Gasteiger partial charge in [-0.3, -0.25) is 0 Å². The van der Waals surface area contributed by atoms with Gasteiger partial charge in [0, 0.05) is 21.1 Å². The van der Waals surface area contributed by atoms with Crippen LogP contribution in [0.15, 0.2) is 0 Å². The topological polar surface area (TPSA) is 108 Å². The van der Waals surface area contributed by atoms with Crippen LogP contribution >= 0.6 is 0 Å². The molecule has 0 saturated carbocycles. The van der Waals surface area contributed by atoms with Gasteiger partial charge >= 0.3 is 0 Å². The Kier molecular flexibility index (Phi) is 4.60. The third-order valence-corrected chi connectivity index (χ3v) is 3.27. The lowest BCUT2D eigenvalue weighted by Crippen LogP contribution is -2.20. The fourth-order valence-electron chi connectivity index (χ4n) is 2.07. The zero-order valence-corrected chi connectivity index (χ0v) is 13.7. The van der Waals surface area contributed by atoms with E-state index < -0.39 is 5.60 Å². The average Bonchev–Trinajstić information content (AvgIpc) is 2.50. The lowest BCUT2D eigenvalue weighted by molar-refractivity contribution is 0.0712. The molecule has 0 aliphatic carbocycles.